The van der Waals surface area contributed by atoms with Crippen molar-refractivity contribution in [1.29, 1.82) is 0 Å². The number of nitrogens with zero attached hydrogens (tertiary/aromatic N) is 2. The Morgan fingerprint density at radius 3 is 2.06 bits per heavy atom. The van der Waals surface area contributed by atoms with Gasteiger partial charge in [0, 0.05) is 55.4 Å². The smallest absolute Gasteiger partial charge is 0.322 e. The van der Waals surface area contributed by atoms with E-state index in [1.807, 2.05) is 48.5 Å². The van der Waals surface area contributed by atoms with E-state index in [1.165, 1.54) is 0 Å². The number of anilines is 1. The summed E-state index contributed by atoms with van der Waals surface area (Å²) in [4.78, 5) is 16.3. The molecule has 3 aromatic rings. The van der Waals surface area contributed by atoms with Crippen LogP contribution in [0.3, 0.4) is 0 Å². The van der Waals surface area contributed by atoms with Crippen molar-refractivity contribution < 1.29 is 18.3 Å². The standard InChI is InChI=1S/C27H27Cl2F2N3O2/c28-21-6-2-19(3-7-21)26(20-4-8-22(29)9-5-20)36-17-1-12-33-13-15-34(16-14-33)27(35)32-25-18-23(30)10-11-24(25)31/h2-11,18,26H,1,12-17H2,(H,32,35). The minimum atomic E-state index is -0.668. The van der Waals surface area contributed by atoms with Crippen LogP contribution < -0.4 is 5.32 Å². The quantitative estimate of drug-likeness (QED) is 0.331. The van der Waals surface area contributed by atoms with Crippen LogP contribution in [0.1, 0.15) is 23.7 Å². The molecule has 0 bridgehead atoms. The Morgan fingerprint density at radius 1 is 0.889 bits per heavy atom. The van der Waals surface area contributed by atoms with Gasteiger partial charge in [-0.15, -0.1) is 0 Å². The molecule has 5 nitrogen and oxygen atoms in total. The van der Waals surface area contributed by atoms with Gasteiger partial charge in [-0.25, -0.2) is 13.6 Å². The van der Waals surface area contributed by atoms with Crippen LogP contribution in [0.4, 0.5) is 19.3 Å². The zero-order valence-electron chi connectivity index (χ0n) is 19.6. The maximum absolute atomic E-state index is 13.8. The number of halogens is 4. The van der Waals surface area contributed by atoms with Crippen molar-refractivity contribution in [3.8, 4) is 0 Å². The molecule has 9 heteroatoms. The lowest BCUT2D eigenvalue weighted by atomic mass is 10.0. The Bertz CT molecular complexity index is 1110. The summed E-state index contributed by atoms with van der Waals surface area (Å²) >= 11 is 12.1. The van der Waals surface area contributed by atoms with Gasteiger partial charge in [-0.05, 0) is 53.9 Å². The van der Waals surface area contributed by atoms with Gasteiger partial charge >= 0.3 is 6.03 Å². The molecule has 36 heavy (non-hydrogen) atoms. The number of piperazine rings is 1. The topological polar surface area (TPSA) is 44.8 Å². The maximum atomic E-state index is 13.8. The van der Waals surface area contributed by atoms with Gasteiger partial charge < -0.3 is 15.0 Å². The molecule has 4 rings (SSSR count). The second-order valence-electron chi connectivity index (χ2n) is 8.59. The molecule has 0 unspecified atom stereocenters. The fourth-order valence-electron chi connectivity index (χ4n) is 4.11. The molecule has 1 N–H and O–H groups in total. The number of hydrogen-bond donors (Lipinski definition) is 1. The first kappa shape index (κ1) is 26.4. The average molecular weight is 534 g/mol. The lowest BCUT2D eigenvalue weighted by Gasteiger charge is -2.34. The molecule has 2 amide bonds. The number of benzene rings is 3. The van der Waals surface area contributed by atoms with E-state index in [1.54, 1.807) is 4.90 Å². The van der Waals surface area contributed by atoms with E-state index in [2.05, 4.69) is 10.2 Å². The Labute approximate surface area is 219 Å². The van der Waals surface area contributed by atoms with Crippen molar-refractivity contribution in [2.24, 2.45) is 0 Å². The third-order valence-electron chi connectivity index (χ3n) is 6.08. The third kappa shape index (κ3) is 7.17. The second-order valence-corrected chi connectivity index (χ2v) is 9.46. The summed E-state index contributed by atoms with van der Waals surface area (Å²) in [5, 5.41) is 3.79. The lowest BCUT2D eigenvalue weighted by molar-refractivity contribution is 0.0670. The van der Waals surface area contributed by atoms with E-state index >= 15 is 0 Å². The summed E-state index contributed by atoms with van der Waals surface area (Å²) in [6.45, 7) is 3.76. The molecule has 1 saturated heterocycles. The Balaban J connectivity index is 1.24. The van der Waals surface area contributed by atoms with Crippen molar-refractivity contribution in [3.05, 3.63) is 99.5 Å². The molecule has 1 fully saturated rings. The Morgan fingerprint density at radius 2 is 1.47 bits per heavy atom. The number of rotatable bonds is 8. The highest BCUT2D eigenvalue weighted by Crippen LogP contribution is 2.28. The van der Waals surface area contributed by atoms with E-state index in [0.29, 0.717) is 42.8 Å². The van der Waals surface area contributed by atoms with E-state index in [-0.39, 0.29) is 11.8 Å². The molecular formula is C27H27Cl2F2N3O2. The number of carbonyl (C=O) groups excluding carboxylic acids is 1. The molecular weight excluding hydrogens is 507 g/mol. The van der Waals surface area contributed by atoms with E-state index < -0.39 is 17.7 Å². The van der Waals surface area contributed by atoms with Gasteiger partial charge in [-0.1, -0.05) is 47.5 Å². The summed E-state index contributed by atoms with van der Waals surface area (Å²) in [6.07, 6.45) is 0.585. The van der Waals surface area contributed by atoms with Crippen LogP contribution in [0.5, 0.6) is 0 Å². The molecule has 0 radical (unpaired) electrons. The summed E-state index contributed by atoms with van der Waals surface area (Å²) in [6, 6.07) is 17.8. The number of nitrogens with one attached hydrogen (secondary N) is 1. The summed E-state index contributed by atoms with van der Waals surface area (Å²) in [5.74, 6) is -1.27. The number of hydrogen-bond acceptors (Lipinski definition) is 3. The second kappa shape index (κ2) is 12.5. The number of ether oxygens (including phenoxy) is 1. The number of carbonyl (C=O) groups is 1. The van der Waals surface area contributed by atoms with Crippen LogP contribution in [0, 0.1) is 11.6 Å². The summed E-state index contributed by atoms with van der Waals surface area (Å²) in [5.41, 5.74) is 1.86. The molecule has 0 aromatic heterocycles. The predicted octanol–water partition coefficient (Wildman–Crippen LogP) is 6.62. The van der Waals surface area contributed by atoms with E-state index in [4.69, 9.17) is 27.9 Å². The average Bonchev–Trinajstić information content (AvgIpc) is 2.88. The maximum Gasteiger partial charge on any atom is 0.322 e. The predicted molar refractivity (Wildman–Crippen MR) is 139 cm³/mol. The molecule has 0 aliphatic carbocycles. The van der Waals surface area contributed by atoms with E-state index in [0.717, 1.165) is 42.3 Å². The van der Waals surface area contributed by atoms with Gasteiger partial charge in [0.25, 0.3) is 0 Å². The monoisotopic (exact) mass is 533 g/mol. The third-order valence-corrected chi connectivity index (χ3v) is 6.58. The van der Waals surface area contributed by atoms with Crippen molar-refractivity contribution in [3.63, 3.8) is 0 Å². The van der Waals surface area contributed by atoms with Gasteiger partial charge in [0.15, 0.2) is 0 Å². The van der Waals surface area contributed by atoms with Gasteiger partial charge in [-0.2, -0.15) is 0 Å². The highest BCUT2D eigenvalue weighted by Gasteiger charge is 2.22. The fourth-order valence-corrected chi connectivity index (χ4v) is 4.36. The van der Waals surface area contributed by atoms with E-state index in [9.17, 15) is 13.6 Å². The molecule has 0 saturated carbocycles. The van der Waals surface area contributed by atoms with Crippen molar-refractivity contribution in [2.75, 3.05) is 44.6 Å². The SMILES string of the molecule is O=C(Nc1cc(F)ccc1F)N1CCN(CCCOC(c2ccc(Cl)cc2)c2ccc(Cl)cc2)CC1. The van der Waals surface area contributed by atoms with Gasteiger partial charge in [0.05, 0.1) is 5.69 Å². The first-order chi connectivity index (χ1) is 17.4. The minimum absolute atomic E-state index is 0.157. The summed E-state index contributed by atoms with van der Waals surface area (Å²) in [7, 11) is 0. The summed E-state index contributed by atoms with van der Waals surface area (Å²) < 4.78 is 33.4. The first-order valence-corrected chi connectivity index (χ1v) is 12.5. The number of amides is 2. The van der Waals surface area contributed by atoms with Crippen molar-refractivity contribution in [1.82, 2.24) is 9.80 Å². The molecule has 1 aliphatic heterocycles. The van der Waals surface area contributed by atoms with Gasteiger partial charge in [0.1, 0.15) is 17.7 Å². The first-order valence-electron chi connectivity index (χ1n) is 11.7. The van der Waals surface area contributed by atoms with Crippen molar-refractivity contribution >= 4 is 34.9 Å². The van der Waals surface area contributed by atoms with Crippen LogP contribution in [0.2, 0.25) is 10.0 Å². The fraction of sp³-hybridized carbons (Fsp3) is 0.296. The molecule has 190 valence electrons. The highest BCUT2D eigenvalue weighted by molar-refractivity contribution is 6.30. The van der Waals surface area contributed by atoms with Gasteiger partial charge in [-0.3, -0.25) is 4.90 Å². The minimum Gasteiger partial charge on any atom is -0.369 e. The van der Waals surface area contributed by atoms with Crippen molar-refractivity contribution in [2.45, 2.75) is 12.5 Å². The zero-order valence-corrected chi connectivity index (χ0v) is 21.1. The molecule has 0 atom stereocenters. The lowest BCUT2D eigenvalue weighted by Crippen LogP contribution is -2.50. The zero-order chi connectivity index (χ0) is 25.5. The van der Waals surface area contributed by atoms with Crippen LogP contribution >= 0.6 is 23.2 Å². The molecule has 0 spiro atoms. The highest BCUT2D eigenvalue weighted by atomic mass is 35.5. The normalized spacial score (nSPS) is 14.3. The Hall–Kier alpha value is -2.71. The Kier molecular flexibility index (Phi) is 9.15. The molecule has 3 aromatic carbocycles. The van der Waals surface area contributed by atoms with Gasteiger partial charge in [0.2, 0.25) is 0 Å². The van der Waals surface area contributed by atoms with Crippen LogP contribution in [-0.2, 0) is 4.74 Å². The van der Waals surface area contributed by atoms with Crippen LogP contribution in [0.15, 0.2) is 66.7 Å². The number of urea groups is 1. The largest absolute Gasteiger partial charge is 0.369 e. The van der Waals surface area contributed by atoms with Crippen LogP contribution in [0.25, 0.3) is 0 Å². The van der Waals surface area contributed by atoms with Crippen LogP contribution in [-0.4, -0.2) is 55.2 Å². The molecule has 1 heterocycles. The molecule has 1 aliphatic rings.